The van der Waals surface area contributed by atoms with E-state index in [0.717, 1.165) is 18.4 Å². The highest BCUT2D eigenvalue weighted by molar-refractivity contribution is 5.75. The molecule has 1 unspecified atom stereocenters. The lowest BCUT2D eigenvalue weighted by atomic mass is 9.80. The summed E-state index contributed by atoms with van der Waals surface area (Å²) in [5, 5.41) is 10.0. The number of hydrogen-bond donors (Lipinski definition) is 1. The highest BCUT2D eigenvalue weighted by Crippen LogP contribution is 2.52. The molecule has 1 N–H and O–H groups in total. The smallest absolute Gasteiger partial charge is 0.309 e. The summed E-state index contributed by atoms with van der Waals surface area (Å²) in [4.78, 5) is 11.8. The summed E-state index contributed by atoms with van der Waals surface area (Å²) in [6.45, 7) is 10.1. The van der Waals surface area contributed by atoms with Crippen molar-refractivity contribution in [3.05, 3.63) is 24.3 Å². The molecule has 0 aromatic heterocycles. The van der Waals surface area contributed by atoms with E-state index in [1.165, 1.54) is 5.57 Å². The van der Waals surface area contributed by atoms with E-state index in [1.54, 1.807) is 0 Å². The molecule has 1 saturated heterocycles. The highest BCUT2D eigenvalue weighted by atomic mass is 16.6. The van der Waals surface area contributed by atoms with Gasteiger partial charge in [0.2, 0.25) is 0 Å². The third-order valence-corrected chi connectivity index (χ3v) is 5.13. The van der Waals surface area contributed by atoms with Gasteiger partial charge in [0, 0.05) is 11.8 Å². The van der Waals surface area contributed by atoms with Gasteiger partial charge in [0.05, 0.1) is 12.0 Å². The first-order valence-corrected chi connectivity index (χ1v) is 6.75. The molecule has 0 aromatic carbocycles. The normalized spacial score (nSPS) is 47.6. The molecule has 3 aliphatic rings. The Bertz CT molecular complexity index is 425. The Kier molecular flexibility index (Phi) is 2.63. The number of allylic oxidation sites excluding steroid dienone is 1. The summed E-state index contributed by atoms with van der Waals surface area (Å²) >= 11 is 0. The molecular weight excluding hydrogens is 228 g/mol. The van der Waals surface area contributed by atoms with Crippen LogP contribution < -0.4 is 0 Å². The molecule has 0 bridgehead atoms. The minimum absolute atomic E-state index is 0.0351. The van der Waals surface area contributed by atoms with Crippen molar-refractivity contribution >= 4 is 5.97 Å². The Morgan fingerprint density at radius 2 is 2.11 bits per heavy atom. The van der Waals surface area contributed by atoms with Crippen molar-refractivity contribution in [1.29, 1.82) is 0 Å². The average molecular weight is 248 g/mol. The van der Waals surface area contributed by atoms with Crippen LogP contribution in [0.25, 0.3) is 0 Å². The first kappa shape index (κ1) is 12.0. The van der Waals surface area contributed by atoms with E-state index in [4.69, 9.17) is 4.74 Å². The van der Waals surface area contributed by atoms with E-state index in [1.807, 2.05) is 6.92 Å². The number of rotatable bonds is 0. The molecule has 3 fully saturated rings. The molecule has 6 atom stereocenters. The van der Waals surface area contributed by atoms with Gasteiger partial charge in [-0.3, -0.25) is 4.79 Å². The van der Waals surface area contributed by atoms with Crippen LogP contribution in [0.4, 0.5) is 0 Å². The van der Waals surface area contributed by atoms with Gasteiger partial charge in [-0.25, -0.2) is 0 Å². The zero-order valence-corrected chi connectivity index (χ0v) is 10.8. The number of fused-ring (bicyclic) bond motifs is 3. The van der Waals surface area contributed by atoms with Crippen molar-refractivity contribution in [3.8, 4) is 0 Å². The molecule has 0 radical (unpaired) electrons. The Morgan fingerprint density at radius 3 is 2.83 bits per heavy atom. The van der Waals surface area contributed by atoms with E-state index < -0.39 is 6.10 Å². The Balaban J connectivity index is 1.98. The van der Waals surface area contributed by atoms with Gasteiger partial charge in [-0.1, -0.05) is 25.7 Å². The maximum atomic E-state index is 11.8. The summed E-state index contributed by atoms with van der Waals surface area (Å²) < 4.78 is 5.59. The number of aliphatic hydroxyl groups excluding tert-OH is 1. The lowest BCUT2D eigenvalue weighted by molar-refractivity contribution is -0.145. The lowest BCUT2D eigenvalue weighted by Gasteiger charge is -2.26. The summed E-state index contributed by atoms with van der Waals surface area (Å²) in [6.07, 6.45) is 2.03. The molecule has 1 heterocycles. The van der Waals surface area contributed by atoms with Crippen molar-refractivity contribution in [2.45, 2.75) is 38.4 Å². The first-order valence-electron chi connectivity index (χ1n) is 6.75. The van der Waals surface area contributed by atoms with Crippen molar-refractivity contribution < 1.29 is 14.6 Å². The third kappa shape index (κ3) is 1.50. The summed E-state index contributed by atoms with van der Waals surface area (Å²) in [5.41, 5.74) is 2.02. The van der Waals surface area contributed by atoms with Crippen LogP contribution in [-0.2, 0) is 9.53 Å². The van der Waals surface area contributed by atoms with E-state index in [2.05, 4.69) is 13.2 Å². The number of carbonyl (C=O) groups is 1. The molecule has 3 heteroatoms. The van der Waals surface area contributed by atoms with Crippen molar-refractivity contribution in [2.24, 2.45) is 23.7 Å². The van der Waals surface area contributed by atoms with Crippen LogP contribution in [0.2, 0.25) is 0 Å². The lowest BCUT2D eigenvalue weighted by Crippen LogP contribution is -2.29. The van der Waals surface area contributed by atoms with Gasteiger partial charge >= 0.3 is 5.97 Å². The Labute approximate surface area is 108 Å². The maximum Gasteiger partial charge on any atom is 0.309 e. The van der Waals surface area contributed by atoms with Gasteiger partial charge in [0.25, 0.3) is 0 Å². The Hall–Kier alpha value is -1.09. The predicted octanol–water partition coefficient (Wildman–Crippen LogP) is 2.07. The minimum Gasteiger partial charge on any atom is -0.461 e. The van der Waals surface area contributed by atoms with Crippen LogP contribution in [0, 0.1) is 23.7 Å². The van der Waals surface area contributed by atoms with Crippen LogP contribution in [0.5, 0.6) is 0 Å². The van der Waals surface area contributed by atoms with Crippen LogP contribution in [0.1, 0.15) is 26.2 Å². The zero-order valence-electron chi connectivity index (χ0n) is 10.8. The second-order valence-electron chi connectivity index (χ2n) is 6.01. The molecule has 0 aromatic rings. The monoisotopic (exact) mass is 248 g/mol. The molecule has 0 spiro atoms. The fourth-order valence-electron chi connectivity index (χ4n) is 3.96. The molecule has 1 aliphatic heterocycles. The van der Waals surface area contributed by atoms with Crippen LogP contribution in [-0.4, -0.2) is 23.3 Å². The fraction of sp³-hybridized carbons (Fsp3) is 0.667. The van der Waals surface area contributed by atoms with Gasteiger partial charge in [-0.2, -0.15) is 0 Å². The first-order chi connectivity index (χ1) is 8.50. The molecule has 2 saturated carbocycles. The molecule has 0 amide bonds. The van der Waals surface area contributed by atoms with E-state index in [-0.39, 0.29) is 35.7 Å². The van der Waals surface area contributed by atoms with Gasteiger partial charge in [-0.15, -0.1) is 0 Å². The molecule has 2 aliphatic carbocycles. The van der Waals surface area contributed by atoms with E-state index in [0.29, 0.717) is 6.42 Å². The van der Waals surface area contributed by atoms with Gasteiger partial charge in [-0.05, 0) is 30.8 Å². The quantitative estimate of drug-likeness (QED) is 0.527. The van der Waals surface area contributed by atoms with Crippen LogP contribution >= 0.6 is 0 Å². The number of esters is 1. The number of carbonyl (C=O) groups excluding carboxylic acids is 1. The van der Waals surface area contributed by atoms with E-state index in [9.17, 15) is 9.90 Å². The SMILES string of the molecule is C=C1[C@H]2[C@@H](C[C@H]1O)C(=C)CCC1[C@H](C)C(=O)O[C@@H]12. The van der Waals surface area contributed by atoms with Crippen LogP contribution in [0.15, 0.2) is 24.3 Å². The third-order valence-electron chi connectivity index (χ3n) is 5.13. The second kappa shape index (κ2) is 3.95. The Morgan fingerprint density at radius 1 is 1.39 bits per heavy atom. The van der Waals surface area contributed by atoms with Gasteiger partial charge in [0.15, 0.2) is 0 Å². The summed E-state index contributed by atoms with van der Waals surface area (Å²) in [6, 6.07) is 0. The largest absolute Gasteiger partial charge is 0.461 e. The average Bonchev–Trinajstić information content (AvgIpc) is 2.72. The van der Waals surface area contributed by atoms with Crippen LogP contribution in [0.3, 0.4) is 0 Å². The summed E-state index contributed by atoms with van der Waals surface area (Å²) in [5.74, 6) is 0.443. The summed E-state index contributed by atoms with van der Waals surface area (Å²) in [7, 11) is 0. The van der Waals surface area contributed by atoms with Crippen molar-refractivity contribution in [3.63, 3.8) is 0 Å². The molecular formula is C15H20O3. The second-order valence-corrected chi connectivity index (χ2v) is 6.01. The topological polar surface area (TPSA) is 46.5 Å². The number of hydrogen-bond acceptors (Lipinski definition) is 3. The van der Waals surface area contributed by atoms with E-state index >= 15 is 0 Å². The fourth-order valence-corrected chi connectivity index (χ4v) is 3.96. The van der Waals surface area contributed by atoms with Gasteiger partial charge in [0.1, 0.15) is 6.10 Å². The standard InChI is InChI=1S/C15H20O3/c1-7-4-5-10-8(2)15(17)18-14(10)13-9(3)12(16)6-11(7)13/h8,10-14,16H,1,3-6H2,2H3/t8-,10?,11-,12+,13-,14-/m0/s1. The van der Waals surface area contributed by atoms with Gasteiger partial charge < -0.3 is 9.84 Å². The molecule has 3 rings (SSSR count). The maximum absolute atomic E-state index is 11.8. The number of aliphatic hydroxyl groups is 1. The number of ether oxygens (including phenoxy) is 1. The highest BCUT2D eigenvalue weighted by Gasteiger charge is 2.53. The molecule has 98 valence electrons. The zero-order chi connectivity index (χ0) is 13.0. The predicted molar refractivity (Wildman–Crippen MR) is 67.7 cm³/mol. The van der Waals surface area contributed by atoms with Crippen molar-refractivity contribution in [1.82, 2.24) is 0 Å². The van der Waals surface area contributed by atoms with Crippen molar-refractivity contribution in [2.75, 3.05) is 0 Å². The minimum atomic E-state index is -0.467. The molecule has 18 heavy (non-hydrogen) atoms. The molecule has 3 nitrogen and oxygen atoms in total.